The van der Waals surface area contributed by atoms with Crippen LogP contribution in [-0.4, -0.2) is 12.4 Å². The third-order valence-electron chi connectivity index (χ3n) is 1.98. The van der Waals surface area contributed by atoms with Crippen LogP contribution in [0.3, 0.4) is 0 Å². The number of rotatable bonds is 4. The van der Waals surface area contributed by atoms with Crippen molar-refractivity contribution in [3.63, 3.8) is 0 Å². The third-order valence-corrected chi connectivity index (χ3v) is 2.89. The Hall–Kier alpha value is -1.68. The van der Waals surface area contributed by atoms with E-state index < -0.39 is 0 Å². The van der Waals surface area contributed by atoms with Crippen LogP contribution in [0.4, 0.5) is 4.39 Å². The standard InChI is InChI=1S/C12H9FO2S/c13-9-3-5-10(6-4-9)15-8-11(14)12-2-1-7-16-12/h1-7H,8H2. The molecule has 16 heavy (non-hydrogen) atoms. The molecular formula is C12H9FO2S. The summed E-state index contributed by atoms with van der Waals surface area (Å²) < 4.78 is 17.8. The van der Waals surface area contributed by atoms with Crippen molar-refractivity contribution in [3.8, 4) is 5.75 Å². The van der Waals surface area contributed by atoms with Gasteiger partial charge >= 0.3 is 0 Å². The van der Waals surface area contributed by atoms with Gasteiger partial charge in [0, 0.05) is 0 Å². The van der Waals surface area contributed by atoms with Crippen LogP contribution in [0.2, 0.25) is 0 Å². The van der Waals surface area contributed by atoms with Crippen molar-refractivity contribution in [1.82, 2.24) is 0 Å². The number of ether oxygens (including phenoxy) is 1. The van der Waals surface area contributed by atoms with Crippen molar-refractivity contribution in [2.75, 3.05) is 6.61 Å². The predicted octanol–water partition coefficient (Wildman–Crippen LogP) is 3.15. The Balaban J connectivity index is 1.93. The summed E-state index contributed by atoms with van der Waals surface area (Å²) in [5, 5.41) is 1.84. The Kier molecular flexibility index (Phi) is 3.31. The van der Waals surface area contributed by atoms with E-state index in [0.717, 1.165) is 0 Å². The fraction of sp³-hybridized carbons (Fsp3) is 0.0833. The second-order valence-corrected chi connectivity index (χ2v) is 4.09. The lowest BCUT2D eigenvalue weighted by molar-refractivity contribution is 0.0925. The van der Waals surface area contributed by atoms with Crippen molar-refractivity contribution in [2.45, 2.75) is 0 Å². The summed E-state index contributed by atoms with van der Waals surface area (Å²) in [7, 11) is 0. The number of thiophene rings is 1. The molecule has 0 aliphatic rings. The number of benzene rings is 1. The number of Topliss-reactive ketones (excluding diaryl/α,β-unsaturated/α-hetero) is 1. The molecule has 1 heterocycles. The lowest BCUT2D eigenvalue weighted by Crippen LogP contribution is -2.09. The van der Waals surface area contributed by atoms with Crippen LogP contribution >= 0.6 is 11.3 Å². The summed E-state index contributed by atoms with van der Waals surface area (Å²) in [6, 6.07) is 9.15. The van der Waals surface area contributed by atoms with Crippen LogP contribution in [0.25, 0.3) is 0 Å². The highest BCUT2D eigenvalue weighted by atomic mass is 32.1. The zero-order chi connectivity index (χ0) is 11.4. The maximum Gasteiger partial charge on any atom is 0.210 e. The molecule has 1 aromatic heterocycles. The molecule has 0 aliphatic heterocycles. The van der Waals surface area contributed by atoms with Crippen molar-refractivity contribution in [3.05, 3.63) is 52.5 Å². The average Bonchev–Trinajstić information content (AvgIpc) is 2.81. The molecule has 2 nitrogen and oxygen atoms in total. The Bertz CT molecular complexity index is 462. The van der Waals surface area contributed by atoms with Gasteiger partial charge in [-0.3, -0.25) is 4.79 Å². The number of halogens is 1. The first kappa shape index (κ1) is 10.8. The fourth-order valence-electron chi connectivity index (χ4n) is 1.19. The molecule has 0 atom stereocenters. The summed E-state index contributed by atoms with van der Waals surface area (Å²) in [5.41, 5.74) is 0. The normalized spacial score (nSPS) is 10.1. The Morgan fingerprint density at radius 1 is 1.25 bits per heavy atom. The molecule has 1 aromatic carbocycles. The van der Waals surface area contributed by atoms with Gasteiger partial charge in [0.15, 0.2) is 6.61 Å². The molecule has 0 amide bonds. The molecular weight excluding hydrogens is 227 g/mol. The average molecular weight is 236 g/mol. The molecule has 2 rings (SSSR count). The predicted molar refractivity (Wildman–Crippen MR) is 60.5 cm³/mol. The minimum atomic E-state index is -0.322. The van der Waals surface area contributed by atoms with E-state index in [0.29, 0.717) is 10.6 Å². The molecule has 0 N–H and O–H groups in total. The molecule has 0 unspecified atom stereocenters. The Morgan fingerprint density at radius 3 is 2.62 bits per heavy atom. The zero-order valence-electron chi connectivity index (χ0n) is 8.35. The summed E-state index contributed by atoms with van der Waals surface area (Å²) in [5.74, 6) is 0.0996. The first-order valence-corrected chi connectivity index (χ1v) is 5.59. The highest BCUT2D eigenvalue weighted by molar-refractivity contribution is 7.12. The van der Waals surface area contributed by atoms with Gasteiger partial charge in [0.25, 0.3) is 0 Å². The molecule has 0 spiro atoms. The topological polar surface area (TPSA) is 26.3 Å². The van der Waals surface area contributed by atoms with Crippen molar-refractivity contribution in [2.24, 2.45) is 0 Å². The van der Waals surface area contributed by atoms with Crippen LogP contribution in [0, 0.1) is 5.82 Å². The van der Waals surface area contributed by atoms with E-state index in [2.05, 4.69) is 0 Å². The van der Waals surface area contributed by atoms with Crippen molar-refractivity contribution in [1.29, 1.82) is 0 Å². The summed E-state index contributed by atoms with van der Waals surface area (Å²) in [6.07, 6.45) is 0. The van der Waals surface area contributed by atoms with Crippen molar-refractivity contribution < 1.29 is 13.9 Å². The number of hydrogen-bond acceptors (Lipinski definition) is 3. The largest absolute Gasteiger partial charge is 0.485 e. The first-order chi connectivity index (χ1) is 7.75. The molecule has 0 saturated carbocycles. The second-order valence-electron chi connectivity index (χ2n) is 3.14. The number of carbonyl (C=O) groups is 1. The monoisotopic (exact) mass is 236 g/mol. The SMILES string of the molecule is O=C(COc1ccc(F)cc1)c1cccs1. The molecule has 0 aliphatic carbocycles. The van der Waals surface area contributed by atoms with E-state index in [9.17, 15) is 9.18 Å². The maximum absolute atomic E-state index is 12.6. The van der Waals surface area contributed by atoms with Gasteiger partial charge in [-0.2, -0.15) is 0 Å². The van der Waals surface area contributed by atoms with E-state index in [1.165, 1.54) is 35.6 Å². The second kappa shape index (κ2) is 4.90. The van der Waals surface area contributed by atoms with E-state index in [4.69, 9.17) is 4.74 Å². The van der Waals surface area contributed by atoms with Crippen LogP contribution in [0.15, 0.2) is 41.8 Å². The summed E-state index contributed by atoms with van der Waals surface area (Å²) in [6.45, 7) is -0.0217. The minimum Gasteiger partial charge on any atom is -0.485 e. The quantitative estimate of drug-likeness (QED) is 0.762. The molecule has 82 valence electrons. The van der Waals surface area contributed by atoms with E-state index >= 15 is 0 Å². The molecule has 2 aromatic rings. The van der Waals surface area contributed by atoms with Crippen LogP contribution in [-0.2, 0) is 0 Å². The maximum atomic E-state index is 12.6. The molecule has 0 saturated heterocycles. The lowest BCUT2D eigenvalue weighted by atomic mass is 10.3. The van der Waals surface area contributed by atoms with E-state index in [-0.39, 0.29) is 18.2 Å². The van der Waals surface area contributed by atoms with Gasteiger partial charge in [-0.05, 0) is 35.7 Å². The third kappa shape index (κ3) is 2.67. The van der Waals surface area contributed by atoms with Gasteiger partial charge in [-0.1, -0.05) is 6.07 Å². The Labute approximate surface area is 96.3 Å². The van der Waals surface area contributed by atoms with E-state index in [1.54, 1.807) is 6.07 Å². The van der Waals surface area contributed by atoms with Crippen LogP contribution in [0.1, 0.15) is 9.67 Å². The van der Waals surface area contributed by atoms with Gasteiger partial charge in [0.2, 0.25) is 5.78 Å². The summed E-state index contributed by atoms with van der Waals surface area (Å²) >= 11 is 1.38. The first-order valence-electron chi connectivity index (χ1n) is 4.71. The van der Waals surface area contributed by atoms with Crippen molar-refractivity contribution >= 4 is 17.1 Å². The highest BCUT2D eigenvalue weighted by Gasteiger charge is 2.07. The minimum absolute atomic E-state index is 0.0217. The molecule has 0 radical (unpaired) electrons. The van der Waals surface area contributed by atoms with Crippen LogP contribution < -0.4 is 4.74 Å². The number of hydrogen-bond donors (Lipinski definition) is 0. The van der Waals surface area contributed by atoms with Gasteiger partial charge in [-0.25, -0.2) is 4.39 Å². The zero-order valence-corrected chi connectivity index (χ0v) is 9.17. The molecule has 0 bridgehead atoms. The number of ketones is 1. The Morgan fingerprint density at radius 2 is 2.00 bits per heavy atom. The number of carbonyl (C=O) groups excluding carboxylic acids is 1. The highest BCUT2D eigenvalue weighted by Crippen LogP contribution is 2.13. The lowest BCUT2D eigenvalue weighted by Gasteiger charge is -2.03. The van der Waals surface area contributed by atoms with Gasteiger partial charge in [-0.15, -0.1) is 11.3 Å². The molecule has 0 fully saturated rings. The fourth-order valence-corrected chi connectivity index (χ4v) is 1.84. The van der Waals surface area contributed by atoms with Gasteiger partial charge < -0.3 is 4.74 Å². The van der Waals surface area contributed by atoms with E-state index in [1.807, 2.05) is 11.4 Å². The van der Waals surface area contributed by atoms with Crippen LogP contribution in [0.5, 0.6) is 5.75 Å². The summed E-state index contributed by atoms with van der Waals surface area (Å²) in [4.78, 5) is 12.2. The van der Waals surface area contributed by atoms with Gasteiger partial charge in [0.05, 0.1) is 4.88 Å². The van der Waals surface area contributed by atoms with Gasteiger partial charge in [0.1, 0.15) is 11.6 Å². The molecule has 4 heteroatoms. The smallest absolute Gasteiger partial charge is 0.210 e.